The summed E-state index contributed by atoms with van der Waals surface area (Å²) in [6.45, 7) is 8.37. The predicted molar refractivity (Wildman–Crippen MR) is 106 cm³/mol. The van der Waals surface area contributed by atoms with E-state index in [9.17, 15) is 9.59 Å². The van der Waals surface area contributed by atoms with Crippen molar-refractivity contribution in [2.75, 3.05) is 26.7 Å². The van der Waals surface area contributed by atoms with E-state index in [1.54, 1.807) is 4.90 Å². The van der Waals surface area contributed by atoms with Gasteiger partial charge in [-0.2, -0.15) is 0 Å². The van der Waals surface area contributed by atoms with E-state index >= 15 is 0 Å². The summed E-state index contributed by atoms with van der Waals surface area (Å²) in [7, 11) is 1.86. The minimum atomic E-state index is 0.0104. The Morgan fingerprint density at radius 3 is 2.81 bits per heavy atom. The molecule has 0 unspecified atom stereocenters. The first-order valence-corrected chi connectivity index (χ1v) is 9.83. The van der Waals surface area contributed by atoms with E-state index in [4.69, 9.17) is 0 Å². The number of nitrogens with one attached hydrogen (secondary N) is 1. The second-order valence-corrected chi connectivity index (χ2v) is 7.60. The third kappa shape index (κ3) is 5.48. The summed E-state index contributed by atoms with van der Waals surface area (Å²) in [6.07, 6.45) is 4.14. The van der Waals surface area contributed by atoms with Gasteiger partial charge in [-0.15, -0.1) is 0 Å². The van der Waals surface area contributed by atoms with Gasteiger partial charge in [0.2, 0.25) is 0 Å². The lowest BCUT2D eigenvalue weighted by atomic mass is 9.89. The first-order chi connectivity index (χ1) is 12.4. The Kier molecular flexibility index (Phi) is 7.49. The smallest absolute Gasteiger partial charge is 0.317 e. The van der Waals surface area contributed by atoms with E-state index < -0.39 is 0 Å². The Labute approximate surface area is 157 Å². The molecule has 0 radical (unpaired) electrons. The Hall–Kier alpha value is -2.04. The standard InChI is InChI=1S/C21H33N3O2/c1-5-6-12-23(4)20(25)18-10-7-9-17(14-18)19-11-8-13-24(15-19)21(26)22-16(2)3/h7,9-10,14,16,19H,5-6,8,11-13,15H2,1-4H3,(H,22,26)/t19-/m0/s1. The molecule has 1 saturated heterocycles. The van der Waals surface area contributed by atoms with Gasteiger partial charge in [-0.05, 0) is 50.8 Å². The summed E-state index contributed by atoms with van der Waals surface area (Å²) < 4.78 is 0. The van der Waals surface area contributed by atoms with Crippen LogP contribution in [-0.4, -0.2) is 54.5 Å². The highest BCUT2D eigenvalue weighted by molar-refractivity contribution is 5.94. The Morgan fingerprint density at radius 2 is 2.12 bits per heavy atom. The van der Waals surface area contributed by atoms with Crippen LogP contribution in [0, 0.1) is 0 Å². The average molecular weight is 360 g/mol. The molecule has 0 bridgehead atoms. The molecule has 0 saturated carbocycles. The molecule has 0 spiro atoms. The van der Waals surface area contributed by atoms with Crippen LogP contribution in [0.15, 0.2) is 24.3 Å². The molecule has 144 valence electrons. The predicted octanol–water partition coefficient (Wildman–Crippen LogP) is 3.86. The SMILES string of the molecule is CCCCN(C)C(=O)c1cccc([C@H]2CCCN(C(=O)NC(C)C)C2)c1. The largest absolute Gasteiger partial charge is 0.342 e. The molecule has 0 aliphatic carbocycles. The second-order valence-electron chi connectivity index (χ2n) is 7.60. The van der Waals surface area contributed by atoms with Crippen LogP contribution in [-0.2, 0) is 0 Å². The van der Waals surface area contributed by atoms with Gasteiger partial charge in [0, 0.05) is 44.2 Å². The number of carbonyl (C=O) groups excluding carboxylic acids is 2. The van der Waals surface area contributed by atoms with Crippen molar-refractivity contribution in [1.82, 2.24) is 15.1 Å². The fourth-order valence-corrected chi connectivity index (χ4v) is 3.41. The lowest BCUT2D eigenvalue weighted by molar-refractivity contribution is 0.0793. The first-order valence-electron chi connectivity index (χ1n) is 9.83. The summed E-state index contributed by atoms with van der Waals surface area (Å²) in [5.74, 6) is 0.362. The van der Waals surface area contributed by atoms with Crippen molar-refractivity contribution in [3.8, 4) is 0 Å². The minimum absolute atomic E-state index is 0.0104. The van der Waals surface area contributed by atoms with Crippen LogP contribution in [0.4, 0.5) is 4.79 Å². The van der Waals surface area contributed by atoms with E-state index in [2.05, 4.69) is 18.3 Å². The zero-order valence-electron chi connectivity index (χ0n) is 16.6. The number of likely N-dealkylation sites (tertiary alicyclic amines) is 1. The number of benzene rings is 1. The lowest BCUT2D eigenvalue weighted by Crippen LogP contribution is -2.47. The number of amides is 3. The number of hydrogen-bond donors (Lipinski definition) is 1. The van der Waals surface area contributed by atoms with Crippen molar-refractivity contribution in [2.45, 2.75) is 58.4 Å². The van der Waals surface area contributed by atoms with E-state index in [0.717, 1.165) is 49.9 Å². The van der Waals surface area contributed by atoms with Gasteiger partial charge in [0.15, 0.2) is 0 Å². The summed E-state index contributed by atoms with van der Waals surface area (Å²) in [5, 5.41) is 2.97. The maximum atomic E-state index is 12.6. The van der Waals surface area contributed by atoms with Gasteiger partial charge >= 0.3 is 6.03 Å². The zero-order valence-corrected chi connectivity index (χ0v) is 16.6. The van der Waals surface area contributed by atoms with Crippen molar-refractivity contribution in [3.63, 3.8) is 0 Å². The number of carbonyl (C=O) groups is 2. The van der Waals surface area contributed by atoms with Crippen molar-refractivity contribution >= 4 is 11.9 Å². The van der Waals surface area contributed by atoms with E-state index in [0.29, 0.717) is 6.54 Å². The Bertz CT molecular complexity index is 615. The quantitative estimate of drug-likeness (QED) is 0.838. The van der Waals surface area contributed by atoms with Crippen LogP contribution in [0.25, 0.3) is 0 Å². The molecule has 1 aliphatic rings. The average Bonchev–Trinajstić information content (AvgIpc) is 2.65. The van der Waals surface area contributed by atoms with E-state index in [-0.39, 0.29) is 23.9 Å². The molecule has 5 nitrogen and oxygen atoms in total. The molecular formula is C21H33N3O2. The number of unbranched alkanes of at least 4 members (excludes halogenated alkanes) is 1. The van der Waals surface area contributed by atoms with Gasteiger partial charge in [-0.3, -0.25) is 4.79 Å². The maximum Gasteiger partial charge on any atom is 0.317 e. The van der Waals surface area contributed by atoms with Gasteiger partial charge in [0.05, 0.1) is 0 Å². The molecule has 1 aromatic carbocycles. The van der Waals surface area contributed by atoms with Crippen LogP contribution in [0.1, 0.15) is 68.3 Å². The molecule has 1 aliphatic heterocycles. The number of hydrogen-bond acceptors (Lipinski definition) is 2. The Morgan fingerprint density at radius 1 is 1.35 bits per heavy atom. The topological polar surface area (TPSA) is 52.7 Å². The first kappa shape index (κ1) is 20.3. The highest BCUT2D eigenvalue weighted by atomic mass is 16.2. The molecular weight excluding hydrogens is 326 g/mol. The van der Waals surface area contributed by atoms with Crippen molar-refractivity contribution in [1.29, 1.82) is 0 Å². The molecule has 1 atom stereocenters. The normalized spacial score (nSPS) is 17.3. The minimum Gasteiger partial charge on any atom is -0.342 e. The molecule has 0 aromatic heterocycles. The molecule has 3 amide bonds. The van der Waals surface area contributed by atoms with Crippen molar-refractivity contribution in [2.24, 2.45) is 0 Å². The molecule has 5 heteroatoms. The maximum absolute atomic E-state index is 12.6. The van der Waals surface area contributed by atoms with Crippen LogP contribution in [0.2, 0.25) is 0 Å². The van der Waals surface area contributed by atoms with Crippen LogP contribution >= 0.6 is 0 Å². The molecule has 1 aromatic rings. The third-order valence-electron chi connectivity index (χ3n) is 4.92. The third-order valence-corrected chi connectivity index (χ3v) is 4.92. The van der Waals surface area contributed by atoms with Gasteiger partial charge in [-0.1, -0.05) is 25.5 Å². The molecule has 2 rings (SSSR count). The molecule has 1 fully saturated rings. The number of urea groups is 1. The highest BCUT2D eigenvalue weighted by Crippen LogP contribution is 2.27. The Balaban J connectivity index is 2.06. The number of rotatable bonds is 6. The molecule has 26 heavy (non-hydrogen) atoms. The fraction of sp³-hybridized carbons (Fsp3) is 0.619. The highest BCUT2D eigenvalue weighted by Gasteiger charge is 2.25. The van der Waals surface area contributed by atoms with Gasteiger partial charge in [0.1, 0.15) is 0 Å². The van der Waals surface area contributed by atoms with E-state index in [1.807, 2.05) is 44.0 Å². The van der Waals surface area contributed by atoms with Gasteiger partial charge in [0.25, 0.3) is 5.91 Å². The van der Waals surface area contributed by atoms with E-state index in [1.165, 1.54) is 0 Å². The van der Waals surface area contributed by atoms with Crippen LogP contribution in [0.3, 0.4) is 0 Å². The van der Waals surface area contributed by atoms with Crippen molar-refractivity contribution < 1.29 is 9.59 Å². The second kappa shape index (κ2) is 9.60. The summed E-state index contributed by atoms with van der Waals surface area (Å²) in [4.78, 5) is 28.6. The monoisotopic (exact) mass is 359 g/mol. The molecule has 1 heterocycles. The number of piperidine rings is 1. The lowest BCUT2D eigenvalue weighted by Gasteiger charge is -2.33. The summed E-state index contributed by atoms with van der Waals surface area (Å²) >= 11 is 0. The van der Waals surface area contributed by atoms with Crippen molar-refractivity contribution in [3.05, 3.63) is 35.4 Å². The molecule has 1 N–H and O–H groups in total. The number of nitrogens with zero attached hydrogens (tertiary/aromatic N) is 2. The van der Waals surface area contributed by atoms with Crippen LogP contribution < -0.4 is 5.32 Å². The fourth-order valence-electron chi connectivity index (χ4n) is 3.41. The summed E-state index contributed by atoms with van der Waals surface area (Å²) in [5.41, 5.74) is 1.90. The van der Waals surface area contributed by atoms with Crippen LogP contribution in [0.5, 0.6) is 0 Å². The van der Waals surface area contributed by atoms with Gasteiger partial charge in [-0.25, -0.2) is 4.79 Å². The summed E-state index contributed by atoms with van der Waals surface area (Å²) in [6, 6.07) is 8.10. The zero-order chi connectivity index (χ0) is 19.1. The van der Waals surface area contributed by atoms with Gasteiger partial charge < -0.3 is 15.1 Å².